The first-order chi connectivity index (χ1) is 3.80. The summed E-state index contributed by atoms with van der Waals surface area (Å²) in [7, 11) is 0. The largest absolute Gasteiger partial charge is 0.366 e. The lowest BCUT2D eigenvalue weighted by Gasteiger charge is -1.91. The average Bonchev–Trinajstić information content (AvgIpc) is 2.12. The molecule has 1 rings (SSSR count). The van der Waals surface area contributed by atoms with Crippen molar-refractivity contribution in [1.82, 2.24) is 5.32 Å². The number of carbonyl (C=O) groups excluding carboxylic acids is 1. The van der Waals surface area contributed by atoms with E-state index in [4.69, 9.17) is 0 Å². The Bertz CT molecular complexity index is 139. The Morgan fingerprint density at radius 1 is 1.88 bits per heavy atom. The summed E-state index contributed by atoms with van der Waals surface area (Å²) in [6.07, 6.45) is 0. The van der Waals surface area contributed by atoms with E-state index in [1.165, 1.54) is 6.92 Å². The number of amidine groups is 1. The van der Waals surface area contributed by atoms with Gasteiger partial charge in [-0.1, -0.05) is 0 Å². The quantitative estimate of drug-likeness (QED) is 0.500. The van der Waals surface area contributed by atoms with E-state index in [2.05, 4.69) is 10.3 Å². The molecule has 0 spiro atoms. The normalized spacial score (nSPS) is 17.4. The van der Waals surface area contributed by atoms with E-state index in [1.807, 2.05) is 0 Å². The van der Waals surface area contributed by atoms with E-state index in [9.17, 15) is 4.79 Å². The molecule has 0 atom stereocenters. The van der Waals surface area contributed by atoms with E-state index >= 15 is 0 Å². The molecule has 44 valence electrons. The number of rotatable bonds is 1. The lowest BCUT2D eigenvalue weighted by atomic mass is 10.4. The number of hydrogen-bond acceptors (Lipinski definition) is 3. The predicted molar refractivity (Wildman–Crippen MR) is 31.0 cm³/mol. The molecular weight excluding hydrogens is 104 g/mol. The first kappa shape index (κ1) is 5.28. The van der Waals surface area contributed by atoms with Crippen LogP contribution in [0.15, 0.2) is 4.99 Å². The van der Waals surface area contributed by atoms with Crippen molar-refractivity contribution < 1.29 is 4.79 Å². The van der Waals surface area contributed by atoms with Gasteiger partial charge in [-0.3, -0.25) is 9.79 Å². The van der Waals surface area contributed by atoms with Crippen LogP contribution in [0.25, 0.3) is 0 Å². The van der Waals surface area contributed by atoms with Crippen molar-refractivity contribution in [2.45, 2.75) is 6.92 Å². The van der Waals surface area contributed by atoms with Gasteiger partial charge >= 0.3 is 0 Å². The van der Waals surface area contributed by atoms with E-state index < -0.39 is 0 Å². The third-order valence-electron chi connectivity index (χ3n) is 1.01. The van der Waals surface area contributed by atoms with Gasteiger partial charge in [-0.2, -0.15) is 0 Å². The Labute approximate surface area is 47.8 Å². The molecule has 0 unspecified atom stereocenters. The lowest BCUT2D eigenvalue weighted by molar-refractivity contribution is -0.111. The Morgan fingerprint density at radius 3 is 2.88 bits per heavy atom. The molecule has 0 aromatic carbocycles. The van der Waals surface area contributed by atoms with Gasteiger partial charge in [-0.15, -0.1) is 0 Å². The summed E-state index contributed by atoms with van der Waals surface area (Å²) in [5.74, 6) is 0.563. The highest BCUT2D eigenvalue weighted by atomic mass is 16.1. The molecule has 1 heterocycles. The number of ketones is 1. The molecule has 0 amide bonds. The highest BCUT2D eigenvalue weighted by Gasteiger charge is 2.07. The first-order valence-electron chi connectivity index (χ1n) is 2.60. The Morgan fingerprint density at radius 2 is 2.62 bits per heavy atom. The molecule has 0 aromatic heterocycles. The summed E-state index contributed by atoms with van der Waals surface area (Å²) in [5.41, 5.74) is 0. The highest BCUT2D eigenvalue weighted by Crippen LogP contribution is 1.84. The van der Waals surface area contributed by atoms with E-state index in [-0.39, 0.29) is 5.78 Å². The molecule has 0 radical (unpaired) electrons. The molecule has 0 saturated heterocycles. The number of Topliss-reactive ketones (excluding diaryl/α,β-unsaturated/α-hetero) is 1. The van der Waals surface area contributed by atoms with Gasteiger partial charge in [0, 0.05) is 13.5 Å². The first-order valence-corrected chi connectivity index (χ1v) is 2.60. The van der Waals surface area contributed by atoms with Crippen molar-refractivity contribution in [2.24, 2.45) is 4.99 Å². The molecule has 1 N–H and O–H groups in total. The molecule has 3 nitrogen and oxygen atoms in total. The van der Waals surface area contributed by atoms with Gasteiger partial charge in [-0.25, -0.2) is 0 Å². The zero-order valence-electron chi connectivity index (χ0n) is 4.77. The Hall–Kier alpha value is -0.860. The molecule has 1 aliphatic rings. The van der Waals surface area contributed by atoms with Gasteiger partial charge in [0.25, 0.3) is 0 Å². The van der Waals surface area contributed by atoms with Crippen LogP contribution in [0.4, 0.5) is 0 Å². The van der Waals surface area contributed by atoms with Crippen LogP contribution in [0.1, 0.15) is 6.92 Å². The smallest absolute Gasteiger partial charge is 0.194 e. The van der Waals surface area contributed by atoms with Gasteiger partial charge in [0.15, 0.2) is 11.6 Å². The maximum Gasteiger partial charge on any atom is 0.194 e. The molecule has 8 heavy (non-hydrogen) atoms. The fourth-order valence-electron chi connectivity index (χ4n) is 0.634. The molecule has 0 aliphatic carbocycles. The van der Waals surface area contributed by atoms with Gasteiger partial charge in [-0.05, 0) is 0 Å². The predicted octanol–water partition coefficient (Wildman–Crippen LogP) is -0.423. The summed E-state index contributed by atoms with van der Waals surface area (Å²) >= 11 is 0. The second-order valence-electron chi connectivity index (χ2n) is 1.71. The lowest BCUT2D eigenvalue weighted by Crippen LogP contribution is -2.24. The topological polar surface area (TPSA) is 41.5 Å². The number of carbonyl (C=O) groups is 1. The van der Waals surface area contributed by atoms with Crippen molar-refractivity contribution >= 4 is 11.6 Å². The van der Waals surface area contributed by atoms with Crippen molar-refractivity contribution in [3.8, 4) is 0 Å². The summed E-state index contributed by atoms with van der Waals surface area (Å²) in [4.78, 5) is 14.3. The van der Waals surface area contributed by atoms with Crippen molar-refractivity contribution in [3.05, 3.63) is 0 Å². The minimum absolute atomic E-state index is 0.0301. The van der Waals surface area contributed by atoms with Crippen molar-refractivity contribution in [3.63, 3.8) is 0 Å². The summed E-state index contributed by atoms with van der Waals surface area (Å²) < 4.78 is 0. The maximum atomic E-state index is 10.5. The van der Waals surface area contributed by atoms with Crippen LogP contribution in [0.2, 0.25) is 0 Å². The molecule has 0 fully saturated rings. The van der Waals surface area contributed by atoms with Crippen LogP contribution in [0, 0.1) is 0 Å². The van der Waals surface area contributed by atoms with Gasteiger partial charge in [0.1, 0.15) is 0 Å². The molecule has 0 aromatic rings. The third-order valence-corrected chi connectivity index (χ3v) is 1.01. The Kier molecular flexibility index (Phi) is 1.28. The fourth-order valence-corrected chi connectivity index (χ4v) is 0.634. The van der Waals surface area contributed by atoms with Crippen LogP contribution >= 0.6 is 0 Å². The monoisotopic (exact) mass is 112 g/mol. The number of nitrogens with one attached hydrogen (secondary N) is 1. The van der Waals surface area contributed by atoms with Crippen LogP contribution < -0.4 is 5.32 Å². The number of hydrogen-bond donors (Lipinski definition) is 1. The van der Waals surface area contributed by atoms with Gasteiger partial charge in [0.05, 0.1) is 6.54 Å². The van der Waals surface area contributed by atoms with Gasteiger partial charge in [0.2, 0.25) is 0 Å². The highest BCUT2D eigenvalue weighted by molar-refractivity contribution is 6.38. The standard InChI is InChI=1S/C5H8N2O/c1-4(8)5-6-2-3-7-5/h2-3H2,1H3,(H,6,7). The fraction of sp³-hybridized carbons (Fsp3) is 0.600. The van der Waals surface area contributed by atoms with E-state index in [0.717, 1.165) is 13.1 Å². The van der Waals surface area contributed by atoms with Crippen LogP contribution in [-0.2, 0) is 4.79 Å². The SMILES string of the molecule is CC(=O)C1=NCCN1. The van der Waals surface area contributed by atoms with Crippen LogP contribution in [-0.4, -0.2) is 24.7 Å². The summed E-state index contributed by atoms with van der Waals surface area (Å²) in [5, 5.41) is 2.86. The summed E-state index contributed by atoms with van der Waals surface area (Å²) in [6.45, 7) is 3.07. The van der Waals surface area contributed by atoms with Crippen molar-refractivity contribution in [2.75, 3.05) is 13.1 Å². The second kappa shape index (κ2) is 1.94. The average molecular weight is 112 g/mol. The van der Waals surface area contributed by atoms with Crippen molar-refractivity contribution in [1.29, 1.82) is 0 Å². The Balaban J connectivity index is 2.57. The third kappa shape index (κ3) is 0.857. The minimum atomic E-state index is 0.0301. The van der Waals surface area contributed by atoms with Crippen LogP contribution in [0.5, 0.6) is 0 Å². The number of nitrogens with zero attached hydrogens (tertiary/aromatic N) is 1. The molecular formula is C5H8N2O. The zero-order chi connectivity index (χ0) is 5.98. The van der Waals surface area contributed by atoms with Gasteiger partial charge < -0.3 is 5.32 Å². The molecule has 0 bridgehead atoms. The van der Waals surface area contributed by atoms with Crippen LogP contribution in [0.3, 0.4) is 0 Å². The molecule has 0 saturated carbocycles. The number of aliphatic imine (C=N–C) groups is 1. The maximum absolute atomic E-state index is 10.5. The minimum Gasteiger partial charge on any atom is -0.366 e. The second-order valence-corrected chi connectivity index (χ2v) is 1.71. The van der Waals surface area contributed by atoms with E-state index in [1.54, 1.807) is 0 Å². The molecule has 1 aliphatic heterocycles. The molecule has 3 heteroatoms. The van der Waals surface area contributed by atoms with E-state index in [0.29, 0.717) is 5.84 Å². The zero-order valence-corrected chi connectivity index (χ0v) is 4.77. The summed E-state index contributed by atoms with van der Waals surface area (Å²) in [6, 6.07) is 0.